The Morgan fingerprint density at radius 1 is 1.26 bits per heavy atom. The molecule has 3 rings (SSSR count). The summed E-state index contributed by atoms with van der Waals surface area (Å²) in [6, 6.07) is 0. The highest BCUT2D eigenvalue weighted by atomic mass is 19.4. The number of carboxylic acid groups (broad SMARTS) is 1. The number of ether oxygens (including phenoxy) is 1. The van der Waals surface area contributed by atoms with Crippen molar-refractivity contribution in [1.29, 1.82) is 0 Å². The zero-order chi connectivity index (χ0) is 17.1. The predicted octanol–water partition coefficient (Wildman–Crippen LogP) is 3.31. The average molecular weight is 337 g/mol. The minimum absolute atomic E-state index is 0.292. The van der Waals surface area contributed by atoms with E-state index in [0.29, 0.717) is 5.60 Å². The average Bonchev–Trinajstić information content (AvgIpc) is 3.21. The fourth-order valence-corrected chi connectivity index (χ4v) is 3.36. The van der Waals surface area contributed by atoms with Gasteiger partial charge in [-0.05, 0) is 43.9 Å². The molecule has 2 heterocycles. The predicted molar refractivity (Wildman–Crippen MR) is 79.2 cm³/mol. The van der Waals surface area contributed by atoms with E-state index in [4.69, 9.17) is 14.6 Å². The fourth-order valence-electron chi connectivity index (χ4n) is 3.36. The third-order valence-electron chi connectivity index (χ3n) is 5.09. The maximum absolute atomic E-state index is 10.6. The molecule has 4 nitrogen and oxygen atoms in total. The summed E-state index contributed by atoms with van der Waals surface area (Å²) >= 11 is 0. The number of carboxylic acids is 1. The second kappa shape index (κ2) is 7.38. The van der Waals surface area contributed by atoms with E-state index in [2.05, 4.69) is 11.8 Å². The first-order chi connectivity index (χ1) is 10.7. The molecule has 2 saturated heterocycles. The molecule has 1 spiro atoms. The topological polar surface area (TPSA) is 49.8 Å². The molecule has 1 atom stereocenters. The van der Waals surface area contributed by atoms with Crippen molar-refractivity contribution in [3.8, 4) is 0 Å². The number of rotatable bonds is 3. The van der Waals surface area contributed by atoms with Gasteiger partial charge < -0.3 is 14.7 Å². The van der Waals surface area contributed by atoms with E-state index >= 15 is 0 Å². The lowest BCUT2D eigenvalue weighted by Crippen LogP contribution is -2.44. The van der Waals surface area contributed by atoms with Gasteiger partial charge in [0.25, 0.3) is 0 Å². The lowest BCUT2D eigenvalue weighted by atomic mass is 9.84. The second-order valence-corrected chi connectivity index (χ2v) is 7.02. The van der Waals surface area contributed by atoms with Gasteiger partial charge in [-0.3, -0.25) is 0 Å². The molecule has 0 radical (unpaired) electrons. The third-order valence-corrected chi connectivity index (χ3v) is 5.09. The molecule has 3 aliphatic rings. The molecule has 1 unspecified atom stereocenters. The lowest BCUT2D eigenvalue weighted by Gasteiger charge is -2.38. The Hall–Kier alpha value is -0.820. The smallest absolute Gasteiger partial charge is 0.475 e. The van der Waals surface area contributed by atoms with E-state index in [0.717, 1.165) is 18.4 Å². The standard InChI is InChI=1S/C14H25NO.C2HF3O2/c1-2-12-9-14(16-11-12)5-7-15(8-6-14)10-13-3-4-13;3-2(4,5)1(6)7/h12-13H,2-11H2,1H3;(H,6,7). The number of nitrogens with zero attached hydrogens (tertiary/aromatic N) is 1. The van der Waals surface area contributed by atoms with Crippen molar-refractivity contribution >= 4 is 5.97 Å². The van der Waals surface area contributed by atoms with E-state index in [1.165, 1.54) is 58.2 Å². The summed E-state index contributed by atoms with van der Waals surface area (Å²) in [6.45, 7) is 7.27. The normalized spacial score (nSPS) is 27.6. The van der Waals surface area contributed by atoms with Crippen LogP contribution in [0.1, 0.15) is 45.4 Å². The van der Waals surface area contributed by atoms with E-state index < -0.39 is 12.1 Å². The molecule has 1 N–H and O–H groups in total. The molecule has 1 saturated carbocycles. The summed E-state index contributed by atoms with van der Waals surface area (Å²) in [7, 11) is 0. The monoisotopic (exact) mass is 337 g/mol. The van der Waals surface area contributed by atoms with E-state index in [1.807, 2.05) is 0 Å². The van der Waals surface area contributed by atoms with Crippen LogP contribution in [0.4, 0.5) is 13.2 Å². The van der Waals surface area contributed by atoms with Crippen LogP contribution in [-0.2, 0) is 9.53 Å². The van der Waals surface area contributed by atoms with Crippen LogP contribution in [0.15, 0.2) is 0 Å². The van der Waals surface area contributed by atoms with Gasteiger partial charge in [0.15, 0.2) is 0 Å². The van der Waals surface area contributed by atoms with Gasteiger partial charge >= 0.3 is 12.1 Å². The van der Waals surface area contributed by atoms with Crippen LogP contribution in [0, 0.1) is 11.8 Å². The largest absolute Gasteiger partial charge is 0.490 e. The molecule has 7 heteroatoms. The molecule has 0 aromatic rings. The number of aliphatic carboxylic acids is 1. The van der Waals surface area contributed by atoms with Crippen molar-refractivity contribution < 1.29 is 27.8 Å². The van der Waals surface area contributed by atoms with Crippen molar-refractivity contribution in [3.63, 3.8) is 0 Å². The van der Waals surface area contributed by atoms with Gasteiger partial charge in [-0.25, -0.2) is 4.79 Å². The molecule has 1 aliphatic carbocycles. The Kier molecular flexibility index (Phi) is 5.94. The van der Waals surface area contributed by atoms with Crippen LogP contribution in [0.5, 0.6) is 0 Å². The quantitative estimate of drug-likeness (QED) is 0.858. The number of hydrogen-bond acceptors (Lipinski definition) is 3. The Morgan fingerprint density at radius 3 is 2.22 bits per heavy atom. The van der Waals surface area contributed by atoms with Gasteiger partial charge in [0.1, 0.15) is 0 Å². The fraction of sp³-hybridized carbons (Fsp3) is 0.938. The molecule has 0 aromatic heterocycles. The summed E-state index contributed by atoms with van der Waals surface area (Å²) in [6.07, 6.45) is 3.09. The van der Waals surface area contributed by atoms with Crippen LogP contribution in [0.25, 0.3) is 0 Å². The molecule has 0 bridgehead atoms. The molecule has 3 fully saturated rings. The van der Waals surface area contributed by atoms with Crippen LogP contribution in [0.3, 0.4) is 0 Å². The number of halogens is 3. The summed E-state index contributed by atoms with van der Waals surface area (Å²) in [5.74, 6) is -0.871. The highest BCUT2D eigenvalue weighted by Gasteiger charge is 2.42. The molecule has 2 aliphatic heterocycles. The first-order valence-electron chi connectivity index (χ1n) is 8.40. The maximum Gasteiger partial charge on any atom is 0.490 e. The molecular formula is C16H26F3NO3. The molecule has 0 amide bonds. The molecule has 23 heavy (non-hydrogen) atoms. The van der Waals surface area contributed by atoms with Crippen molar-refractivity contribution in [3.05, 3.63) is 0 Å². The summed E-state index contributed by atoms with van der Waals surface area (Å²) in [5, 5.41) is 7.12. The first-order valence-corrected chi connectivity index (χ1v) is 8.40. The van der Waals surface area contributed by atoms with E-state index in [-0.39, 0.29) is 0 Å². The van der Waals surface area contributed by atoms with Gasteiger partial charge in [0.05, 0.1) is 12.2 Å². The Balaban J connectivity index is 0.000000236. The molecular weight excluding hydrogens is 311 g/mol. The van der Waals surface area contributed by atoms with Gasteiger partial charge in [-0.15, -0.1) is 0 Å². The van der Waals surface area contributed by atoms with Gasteiger partial charge in [0.2, 0.25) is 0 Å². The number of carbonyl (C=O) groups is 1. The zero-order valence-electron chi connectivity index (χ0n) is 13.6. The number of piperidine rings is 1. The Morgan fingerprint density at radius 2 is 1.83 bits per heavy atom. The second-order valence-electron chi connectivity index (χ2n) is 7.02. The van der Waals surface area contributed by atoms with Crippen LogP contribution >= 0.6 is 0 Å². The third kappa shape index (κ3) is 5.64. The van der Waals surface area contributed by atoms with Crippen LogP contribution in [0.2, 0.25) is 0 Å². The number of hydrogen-bond donors (Lipinski definition) is 1. The Labute approximate surface area is 135 Å². The zero-order valence-corrected chi connectivity index (χ0v) is 13.6. The summed E-state index contributed by atoms with van der Waals surface area (Å²) in [5.41, 5.74) is 0.292. The van der Waals surface area contributed by atoms with Crippen molar-refractivity contribution in [2.75, 3.05) is 26.2 Å². The van der Waals surface area contributed by atoms with Crippen LogP contribution in [-0.4, -0.2) is 54.0 Å². The minimum atomic E-state index is -5.08. The van der Waals surface area contributed by atoms with Gasteiger partial charge in [-0.1, -0.05) is 13.3 Å². The number of likely N-dealkylation sites (tertiary alicyclic amines) is 1. The Bertz CT molecular complexity index is 402. The van der Waals surface area contributed by atoms with Crippen molar-refractivity contribution in [2.45, 2.75) is 57.2 Å². The molecule has 0 aromatic carbocycles. The van der Waals surface area contributed by atoms with Gasteiger partial charge in [0, 0.05) is 19.6 Å². The number of alkyl halides is 3. The van der Waals surface area contributed by atoms with Gasteiger partial charge in [-0.2, -0.15) is 13.2 Å². The first kappa shape index (κ1) is 18.5. The highest BCUT2D eigenvalue weighted by molar-refractivity contribution is 5.73. The SMILES string of the molecule is CCC1COC2(CCN(CC3CC3)CC2)C1.O=C(O)C(F)(F)F. The van der Waals surface area contributed by atoms with Crippen molar-refractivity contribution in [2.24, 2.45) is 11.8 Å². The van der Waals surface area contributed by atoms with Crippen molar-refractivity contribution in [1.82, 2.24) is 4.90 Å². The summed E-state index contributed by atoms with van der Waals surface area (Å²) in [4.78, 5) is 11.6. The highest BCUT2D eigenvalue weighted by Crippen LogP contribution is 2.40. The lowest BCUT2D eigenvalue weighted by molar-refractivity contribution is -0.192. The summed E-state index contributed by atoms with van der Waals surface area (Å²) < 4.78 is 37.9. The minimum Gasteiger partial charge on any atom is -0.475 e. The molecule has 134 valence electrons. The maximum atomic E-state index is 10.6. The van der Waals surface area contributed by atoms with E-state index in [9.17, 15) is 13.2 Å². The van der Waals surface area contributed by atoms with E-state index in [1.54, 1.807) is 0 Å². The van der Waals surface area contributed by atoms with Crippen LogP contribution < -0.4 is 0 Å².